The minimum absolute atomic E-state index is 0.0305. The summed E-state index contributed by atoms with van der Waals surface area (Å²) >= 11 is 4.54. The Labute approximate surface area is 231 Å². The lowest BCUT2D eigenvalue weighted by molar-refractivity contribution is -0.115. The lowest BCUT2D eigenvalue weighted by Crippen LogP contribution is -2.17. The first-order chi connectivity index (χ1) is 18.7. The van der Waals surface area contributed by atoms with E-state index in [2.05, 4.69) is 21.5 Å². The summed E-state index contributed by atoms with van der Waals surface area (Å²) in [6.45, 7) is 1.64. The number of aromatic nitrogens is 2. The molecule has 0 bridgehead atoms. The topological polar surface area (TPSA) is 129 Å². The fourth-order valence-corrected chi connectivity index (χ4v) is 5.23. The molecular formula is C28H22ClFN4O4S. The normalized spacial score (nSPS) is 15.3. The van der Waals surface area contributed by atoms with Gasteiger partial charge in [-0.1, -0.05) is 41.0 Å². The van der Waals surface area contributed by atoms with Crippen LogP contribution in [0.3, 0.4) is 0 Å². The van der Waals surface area contributed by atoms with Crippen molar-refractivity contribution in [2.45, 2.75) is 36.9 Å². The van der Waals surface area contributed by atoms with Crippen LogP contribution < -0.4 is 5.32 Å². The van der Waals surface area contributed by atoms with Crippen molar-refractivity contribution in [3.63, 3.8) is 0 Å². The highest BCUT2D eigenvalue weighted by Crippen LogP contribution is 2.55. The van der Waals surface area contributed by atoms with Crippen LogP contribution in [0, 0.1) is 17.1 Å². The second-order valence-corrected chi connectivity index (χ2v) is 11.1. The van der Waals surface area contributed by atoms with E-state index < -0.39 is 27.6 Å². The average molecular weight is 565 g/mol. The van der Waals surface area contributed by atoms with Crippen molar-refractivity contribution in [2.75, 3.05) is 5.32 Å². The monoisotopic (exact) mass is 564 g/mol. The van der Waals surface area contributed by atoms with E-state index in [1.54, 1.807) is 55.5 Å². The van der Waals surface area contributed by atoms with Gasteiger partial charge in [0.25, 0.3) is 5.89 Å². The van der Waals surface area contributed by atoms with Crippen LogP contribution in [0.4, 0.5) is 10.1 Å². The maximum absolute atomic E-state index is 15.4. The van der Waals surface area contributed by atoms with E-state index in [1.165, 1.54) is 12.1 Å². The van der Waals surface area contributed by atoms with E-state index in [0.29, 0.717) is 40.9 Å². The van der Waals surface area contributed by atoms with E-state index in [-0.39, 0.29) is 34.5 Å². The predicted octanol–water partition coefficient (Wildman–Crippen LogP) is 5.94. The van der Waals surface area contributed by atoms with Gasteiger partial charge in [0.2, 0.25) is 5.91 Å². The zero-order valence-corrected chi connectivity index (χ0v) is 22.2. The zero-order chi connectivity index (χ0) is 27.7. The van der Waals surface area contributed by atoms with Gasteiger partial charge in [0.1, 0.15) is 5.82 Å². The summed E-state index contributed by atoms with van der Waals surface area (Å²) in [5.74, 6) is -0.373. The summed E-state index contributed by atoms with van der Waals surface area (Å²) in [6, 6.07) is 18.3. The van der Waals surface area contributed by atoms with Gasteiger partial charge in [-0.2, -0.15) is 10.2 Å². The number of anilines is 1. The molecule has 0 aliphatic heterocycles. The van der Waals surface area contributed by atoms with E-state index in [1.807, 2.05) is 0 Å². The Morgan fingerprint density at radius 2 is 1.92 bits per heavy atom. The number of rotatable bonds is 8. The molecule has 2 unspecified atom stereocenters. The van der Waals surface area contributed by atoms with Crippen molar-refractivity contribution in [1.82, 2.24) is 10.1 Å². The number of carbonyl (C=O) groups is 1. The molecule has 1 aliphatic carbocycles. The second-order valence-electron chi connectivity index (χ2n) is 9.39. The Morgan fingerprint density at radius 3 is 2.51 bits per heavy atom. The van der Waals surface area contributed by atoms with Crippen LogP contribution in [0.2, 0.25) is 5.02 Å². The minimum Gasteiger partial charge on any atom is -0.334 e. The first kappa shape index (κ1) is 26.7. The summed E-state index contributed by atoms with van der Waals surface area (Å²) in [7, 11) is 0. The van der Waals surface area contributed by atoms with Gasteiger partial charge >= 0.3 is 0 Å². The first-order valence-electron chi connectivity index (χ1n) is 12.0. The van der Waals surface area contributed by atoms with Crippen molar-refractivity contribution in [3.8, 4) is 17.5 Å². The maximum Gasteiger partial charge on any atom is 0.257 e. The lowest BCUT2D eigenvalue weighted by atomic mass is 9.94. The standard InChI is InChI=1S/C28H22ClFN4O4S/c1-16(39(36)37)19-6-2-17(3-7-19)12-24(35)32-21-13-22(29)25(23(30)14-21)28(10-11-28)27-33-26(38-34-27)20-8-4-18(15-31)5-9-20/h2-9,13-14,16H,10-12H2,1H3,(H,32,35)(H,36,37). The van der Waals surface area contributed by atoms with Crippen LogP contribution in [-0.4, -0.2) is 24.8 Å². The third-order valence-corrected chi connectivity index (χ3v) is 7.96. The average Bonchev–Trinajstić information content (AvgIpc) is 3.54. The van der Waals surface area contributed by atoms with Gasteiger partial charge < -0.3 is 14.4 Å². The lowest BCUT2D eigenvalue weighted by Gasteiger charge is -2.16. The smallest absolute Gasteiger partial charge is 0.257 e. The van der Waals surface area contributed by atoms with Gasteiger partial charge in [-0.05, 0) is 67.3 Å². The Bertz CT molecular complexity index is 1590. The van der Waals surface area contributed by atoms with Crippen LogP contribution in [0.25, 0.3) is 11.5 Å². The molecule has 3 aromatic carbocycles. The Balaban J connectivity index is 1.31. The Hall–Kier alpha value is -3.91. The van der Waals surface area contributed by atoms with Crippen molar-refractivity contribution >= 4 is 34.3 Å². The van der Waals surface area contributed by atoms with Crippen molar-refractivity contribution in [3.05, 3.63) is 99.6 Å². The van der Waals surface area contributed by atoms with Crippen LogP contribution in [0.5, 0.6) is 0 Å². The highest BCUT2D eigenvalue weighted by Gasteiger charge is 2.53. The predicted molar refractivity (Wildman–Crippen MR) is 144 cm³/mol. The Morgan fingerprint density at radius 1 is 1.23 bits per heavy atom. The molecule has 2 atom stereocenters. The fraction of sp³-hybridized carbons (Fsp3) is 0.214. The van der Waals surface area contributed by atoms with Gasteiger partial charge in [-0.3, -0.25) is 4.79 Å². The van der Waals surface area contributed by atoms with E-state index in [0.717, 1.165) is 0 Å². The maximum atomic E-state index is 15.4. The second kappa shape index (κ2) is 10.7. The molecule has 39 heavy (non-hydrogen) atoms. The number of halogens is 2. The molecule has 1 saturated carbocycles. The third kappa shape index (κ3) is 5.47. The van der Waals surface area contributed by atoms with Gasteiger partial charge in [-0.15, -0.1) is 0 Å². The molecule has 1 amide bonds. The Kier molecular flexibility index (Phi) is 7.32. The van der Waals surface area contributed by atoms with Gasteiger partial charge in [0.05, 0.1) is 28.7 Å². The van der Waals surface area contributed by atoms with Crippen molar-refractivity contribution in [2.24, 2.45) is 0 Å². The van der Waals surface area contributed by atoms with Crippen molar-refractivity contribution in [1.29, 1.82) is 5.26 Å². The molecule has 0 spiro atoms. The van der Waals surface area contributed by atoms with E-state index in [9.17, 15) is 13.6 Å². The SMILES string of the molecule is CC(c1ccc(CC(=O)Nc2cc(F)c(C3(c4noc(-c5ccc(C#N)cc5)n4)CC3)c(Cl)c2)cc1)S(=O)O. The highest BCUT2D eigenvalue weighted by molar-refractivity contribution is 7.79. The quantitative estimate of drug-likeness (QED) is 0.253. The van der Waals surface area contributed by atoms with Gasteiger partial charge in [-0.25, -0.2) is 8.60 Å². The molecule has 1 fully saturated rings. The largest absolute Gasteiger partial charge is 0.334 e. The zero-order valence-electron chi connectivity index (χ0n) is 20.6. The minimum atomic E-state index is -1.99. The van der Waals surface area contributed by atoms with Crippen LogP contribution in [0.15, 0.2) is 65.2 Å². The molecule has 0 saturated heterocycles. The molecule has 0 radical (unpaired) electrons. The van der Waals surface area contributed by atoms with E-state index >= 15 is 4.39 Å². The van der Waals surface area contributed by atoms with Crippen LogP contribution in [0.1, 0.15) is 53.1 Å². The molecular weight excluding hydrogens is 543 g/mol. The molecule has 1 heterocycles. The number of amides is 1. The van der Waals surface area contributed by atoms with Crippen LogP contribution >= 0.6 is 11.6 Å². The molecule has 2 N–H and O–H groups in total. The number of nitriles is 1. The molecule has 198 valence electrons. The number of hydrogen-bond acceptors (Lipinski definition) is 6. The number of benzene rings is 3. The molecule has 4 aromatic rings. The molecule has 8 nitrogen and oxygen atoms in total. The summed E-state index contributed by atoms with van der Waals surface area (Å²) in [5, 5.41) is 15.4. The van der Waals surface area contributed by atoms with Crippen LogP contribution in [-0.2, 0) is 27.7 Å². The first-order valence-corrected chi connectivity index (χ1v) is 13.6. The van der Waals surface area contributed by atoms with E-state index in [4.69, 9.17) is 21.4 Å². The molecule has 1 aliphatic rings. The number of nitrogens with zero attached hydrogens (tertiary/aromatic N) is 3. The summed E-state index contributed by atoms with van der Waals surface area (Å²) in [6.07, 6.45) is 1.20. The molecule has 5 rings (SSSR count). The third-order valence-electron chi connectivity index (χ3n) is 6.79. The number of carbonyl (C=O) groups excluding carboxylic acids is 1. The van der Waals surface area contributed by atoms with Gasteiger partial charge in [0, 0.05) is 21.8 Å². The molecule has 1 aromatic heterocycles. The van der Waals surface area contributed by atoms with Crippen molar-refractivity contribution < 1.29 is 22.5 Å². The summed E-state index contributed by atoms with van der Waals surface area (Å²) in [4.78, 5) is 17.1. The number of hydrogen-bond donors (Lipinski definition) is 2. The summed E-state index contributed by atoms with van der Waals surface area (Å²) < 4.78 is 41.3. The summed E-state index contributed by atoms with van der Waals surface area (Å²) in [5.41, 5.74) is 2.17. The molecule has 11 heteroatoms. The van der Waals surface area contributed by atoms with Gasteiger partial charge in [0.15, 0.2) is 16.9 Å². The highest BCUT2D eigenvalue weighted by atomic mass is 35.5. The number of nitrogens with one attached hydrogen (secondary N) is 1. The fourth-order valence-electron chi connectivity index (χ4n) is 4.45.